The number of rotatable bonds is 5. The lowest BCUT2D eigenvalue weighted by atomic mass is 10.3. The van der Waals surface area contributed by atoms with Crippen molar-refractivity contribution in [2.45, 2.75) is 10.6 Å². The van der Waals surface area contributed by atoms with E-state index in [4.69, 9.17) is 5.73 Å². The van der Waals surface area contributed by atoms with Crippen molar-refractivity contribution in [3.8, 4) is 0 Å². The Labute approximate surface area is 145 Å². The average Bonchev–Trinajstić information content (AvgIpc) is 2.56. The maximum atomic E-state index is 13.7. The van der Waals surface area contributed by atoms with Crippen LogP contribution in [0.1, 0.15) is 5.82 Å². The van der Waals surface area contributed by atoms with Crippen molar-refractivity contribution in [3.63, 3.8) is 0 Å². The van der Waals surface area contributed by atoms with E-state index in [2.05, 4.69) is 20.3 Å². The lowest BCUT2D eigenvalue weighted by Crippen LogP contribution is -2.06. The Morgan fingerprint density at radius 1 is 0.920 bits per heavy atom. The third kappa shape index (κ3) is 4.60. The molecular formula is C16H12F3N5S. The Morgan fingerprint density at radius 2 is 1.64 bits per heavy atom. The molecule has 5 nitrogen and oxygen atoms in total. The van der Waals surface area contributed by atoms with Gasteiger partial charge in [-0.3, -0.25) is 0 Å². The van der Waals surface area contributed by atoms with E-state index in [-0.39, 0.29) is 28.4 Å². The molecular weight excluding hydrogens is 351 g/mol. The minimum absolute atomic E-state index is 0.00482. The second kappa shape index (κ2) is 7.39. The number of aromatic nitrogens is 3. The molecule has 0 radical (unpaired) electrons. The molecule has 128 valence electrons. The molecule has 25 heavy (non-hydrogen) atoms. The van der Waals surface area contributed by atoms with Crippen LogP contribution in [0.4, 0.5) is 30.8 Å². The van der Waals surface area contributed by atoms with Gasteiger partial charge in [0.25, 0.3) is 0 Å². The summed E-state index contributed by atoms with van der Waals surface area (Å²) in [5, 5.41) is 2.89. The van der Waals surface area contributed by atoms with E-state index < -0.39 is 11.6 Å². The molecule has 1 aromatic heterocycles. The average molecular weight is 363 g/mol. The maximum Gasteiger partial charge on any atom is 0.232 e. The summed E-state index contributed by atoms with van der Waals surface area (Å²) in [6.07, 6.45) is 0. The molecule has 0 spiro atoms. The topological polar surface area (TPSA) is 76.7 Å². The van der Waals surface area contributed by atoms with Gasteiger partial charge in [0, 0.05) is 16.6 Å². The van der Waals surface area contributed by atoms with Crippen molar-refractivity contribution in [2.75, 3.05) is 11.1 Å². The molecule has 0 aliphatic rings. The van der Waals surface area contributed by atoms with Crippen molar-refractivity contribution in [1.29, 1.82) is 0 Å². The van der Waals surface area contributed by atoms with Gasteiger partial charge >= 0.3 is 0 Å². The first-order valence-corrected chi connectivity index (χ1v) is 8.09. The van der Waals surface area contributed by atoms with Gasteiger partial charge in [0.05, 0.1) is 5.75 Å². The highest BCUT2D eigenvalue weighted by Gasteiger charge is 2.09. The molecule has 0 saturated heterocycles. The van der Waals surface area contributed by atoms with E-state index in [0.29, 0.717) is 11.5 Å². The second-order valence-corrected chi connectivity index (χ2v) is 5.95. The summed E-state index contributed by atoms with van der Waals surface area (Å²) in [6, 6.07) is 8.97. The third-order valence-corrected chi connectivity index (χ3v) is 4.09. The third-order valence-electron chi connectivity index (χ3n) is 3.05. The summed E-state index contributed by atoms with van der Waals surface area (Å²) >= 11 is 1.11. The highest BCUT2D eigenvalue weighted by Crippen LogP contribution is 2.25. The SMILES string of the molecule is Nc1nc(CSc2ccc(F)cc2F)nc(Nc2ccc(F)cc2)n1. The van der Waals surface area contributed by atoms with Gasteiger partial charge in [-0.15, -0.1) is 11.8 Å². The zero-order valence-corrected chi connectivity index (χ0v) is 13.5. The molecule has 0 aliphatic carbocycles. The van der Waals surface area contributed by atoms with E-state index in [0.717, 1.165) is 17.8 Å². The summed E-state index contributed by atoms with van der Waals surface area (Å²) in [5.74, 6) is -0.935. The number of hydrogen-bond acceptors (Lipinski definition) is 6. The lowest BCUT2D eigenvalue weighted by molar-refractivity contribution is 0.565. The van der Waals surface area contributed by atoms with Gasteiger partial charge in [-0.05, 0) is 36.4 Å². The summed E-state index contributed by atoms with van der Waals surface area (Å²) in [4.78, 5) is 12.4. The molecule has 9 heteroatoms. The monoisotopic (exact) mass is 363 g/mol. The fourth-order valence-electron chi connectivity index (χ4n) is 1.96. The Balaban J connectivity index is 1.73. The molecule has 0 unspecified atom stereocenters. The number of anilines is 3. The van der Waals surface area contributed by atoms with Crippen LogP contribution in [0.5, 0.6) is 0 Å². The van der Waals surface area contributed by atoms with Crippen molar-refractivity contribution in [1.82, 2.24) is 15.0 Å². The molecule has 2 aromatic carbocycles. The number of nitrogens with zero attached hydrogens (tertiary/aromatic N) is 3. The smallest absolute Gasteiger partial charge is 0.232 e. The van der Waals surface area contributed by atoms with E-state index in [9.17, 15) is 13.2 Å². The molecule has 0 atom stereocenters. The molecule has 0 fully saturated rings. The fraction of sp³-hybridized carbons (Fsp3) is 0.0625. The molecule has 3 rings (SSSR count). The summed E-state index contributed by atoms with van der Waals surface area (Å²) < 4.78 is 39.5. The van der Waals surface area contributed by atoms with Crippen LogP contribution >= 0.6 is 11.8 Å². The standard InChI is InChI=1S/C16H12F3N5S/c17-9-1-4-11(5-2-9)21-16-23-14(22-15(20)24-16)8-25-13-6-3-10(18)7-12(13)19/h1-7H,8H2,(H3,20,21,22,23,24). The minimum Gasteiger partial charge on any atom is -0.368 e. The molecule has 0 saturated carbocycles. The van der Waals surface area contributed by atoms with E-state index in [1.54, 1.807) is 0 Å². The quantitative estimate of drug-likeness (QED) is 0.670. The molecule has 1 heterocycles. The number of hydrogen-bond donors (Lipinski definition) is 2. The Morgan fingerprint density at radius 3 is 2.36 bits per heavy atom. The number of thioether (sulfide) groups is 1. The zero-order valence-electron chi connectivity index (χ0n) is 12.7. The Kier molecular flexibility index (Phi) is 5.03. The Hall–Kier alpha value is -2.81. The van der Waals surface area contributed by atoms with Crippen LogP contribution < -0.4 is 11.1 Å². The number of nitrogen functional groups attached to an aromatic ring is 1. The predicted octanol–water partition coefficient (Wildman–Crippen LogP) is 3.91. The van der Waals surface area contributed by atoms with Gasteiger partial charge in [0.2, 0.25) is 11.9 Å². The first kappa shape index (κ1) is 17.0. The summed E-state index contributed by atoms with van der Waals surface area (Å²) in [5.41, 5.74) is 6.24. The van der Waals surface area contributed by atoms with Gasteiger partial charge in [-0.1, -0.05) is 0 Å². The van der Waals surface area contributed by atoms with E-state index >= 15 is 0 Å². The van der Waals surface area contributed by atoms with Crippen LogP contribution in [-0.2, 0) is 5.75 Å². The van der Waals surface area contributed by atoms with Crippen molar-refractivity contribution in [2.24, 2.45) is 0 Å². The fourth-order valence-corrected chi connectivity index (χ4v) is 2.73. The number of nitrogens with one attached hydrogen (secondary N) is 1. The van der Waals surface area contributed by atoms with Gasteiger partial charge < -0.3 is 11.1 Å². The van der Waals surface area contributed by atoms with Gasteiger partial charge in [0.15, 0.2) is 0 Å². The number of halogens is 3. The van der Waals surface area contributed by atoms with Crippen LogP contribution in [0.25, 0.3) is 0 Å². The number of benzene rings is 2. The first-order valence-electron chi connectivity index (χ1n) is 7.10. The molecule has 0 amide bonds. The van der Waals surface area contributed by atoms with Crippen molar-refractivity contribution in [3.05, 3.63) is 65.7 Å². The first-order chi connectivity index (χ1) is 12.0. The molecule has 0 aliphatic heterocycles. The van der Waals surface area contributed by atoms with Crippen LogP contribution in [-0.4, -0.2) is 15.0 Å². The molecule has 0 bridgehead atoms. The minimum atomic E-state index is -0.656. The number of nitrogens with two attached hydrogens (primary N) is 1. The second-order valence-electron chi connectivity index (χ2n) is 4.93. The normalized spacial score (nSPS) is 10.7. The lowest BCUT2D eigenvalue weighted by Gasteiger charge is -2.07. The maximum absolute atomic E-state index is 13.7. The van der Waals surface area contributed by atoms with Crippen LogP contribution in [0.2, 0.25) is 0 Å². The largest absolute Gasteiger partial charge is 0.368 e. The van der Waals surface area contributed by atoms with Gasteiger partial charge in [-0.25, -0.2) is 13.2 Å². The van der Waals surface area contributed by atoms with Crippen LogP contribution in [0.15, 0.2) is 47.4 Å². The van der Waals surface area contributed by atoms with E-state index in [1.807, 2.05) is 0 Å². The summed E-state index contributed by atoms with van der Waals surface area (Å²) in [7, 11) is 0. The zero-order chi connectivity index (χ0) is 17.8. The highest BCUT2D eigenvalue weighted by molar-refractivity contribution is 7.98. The van der Waals surface area contributed by atoms with E-state index in [1.165, 1.54) is 36.4 Å². The van der Waals surface area contributed by atoms with Gasteiger partial charge in [0.1, 0.15) is 23.3 Å². The van der Waals surface area contributed by atoms with Crippen molar-refractivity contribution < 1.29 is 13.2 Å². The highest BCUT2D eigenvalue weighted by atomic mass is 32.2. The van der Waals surface area contributed by atoms with Crippen LogP contribution in [0.3, 0.4) is 0 Å². The van der Waals surface area contributed by atoms with Crippen molar-refractivity contribution >= 4 is 29.3 Å². The summed E-state index contributed by atoms with van der Waals surface area (Å²) in [6.45, 7) is 0. The predicted molar refractivity (Wildman–Crippen MR) is 89.8 cm³/mol. The molecule has 3 aromatic rings. The Bertz CT molecular complexity index is 889. The van der Waals surface area contributed by atoms with Crippen LogP contribution in [0, 0.1) is 17.5 Å². The molecule has 3 N–H and O–H groups in total. The van der Waals surface area contributed by atoms with Gasteiger partial charge in [-0.2, -0.15) is 15.0 Å².